The highest BCUT2D eigenvalue weighted by molar-refractivity contribution is 5.79. The quantitative estimate of drug-likeness (QED) is 0.834. The molecule has 1 heterocycles. The zero-order valence-corrected chi connectivity index (χ0v) is 14.1. The van der Waals surface area contributed by atoms with E-state index in [1.54, 1.807) is 14.2 Å². The van der Waals surface area contributed by atoms with Gasteiger partial charge in [0.25, 0.3) is 0 Å². The third-order valence-electron chi connectivity index (χ3n) is 4.99. The number of amides is 1. The lowest BCUT2D eigenvalue weighted by atomic mass is 9.84. The Morgan fingerprint density at radius 3 is 2.35 bits per heavy atom. The number of piperazine rings is 1. The molecule has 0 spiro atoms. The van der Waals surface area contributed by atoms with Gasteiger partial charge in [0, 0.05) is 38.6 Å². The van der Waals surface area contributed by atoms with Gasteiger partial charge in [-0.05, 0) is 30.5 Å². The summed E-state index contributed by atoms with van der Waals surface area (Å²) in [6.45, 7) is 4.46. The third kappa shape index (κ3) is 3.61. The molecule has 5 nitrogen and oxygen atoms in total. The van der Waals surface area contributed by atoms with E-state index in [0.717, 1.165) is 57.1 Å². The van der Waals surface area contributed by atoms with E-state index in [1.807, 2.05) is 12.1 Å². The Morgan fingerprint density at radius 2 is 1.78 bits per heavy atom. The molecule has 0 radical (unpaired) electrons. The van der Waals surface area contributed by atoms with E-state index in [0.29, 0.717) is 11.8 Å². The van der Waals surface area contributed by atoms with Crippen LogP contribution in [0, 0.1) is 5.92 Å². The smallest absolute Gasteiger partial charge is 0.225 e. The molecular weight excluding hydrogens is 292 g/mol. The fraction of sp³-hybridized carbons (Fsp3) is 0.611. The minimum absolute atomic E-state index is 0.312. The maximum absolute atomic E-state index is 12.3. The standard InChI is InChI=1S/C18H26N2O3/c1-22-16-7-6-14(12-17(16)23-2)13-19-8-10-20(11-9-19)18(21)15-4-3-5-15/h6-7,12,15H,3-5,8-11,13H2,1-2H3. The molecule has 0 N–H and O–H groups in total. The van der Waals surface area contributed by atoms with Crippen molar-refractivity contribution < 1.29 is 14.3 Å². The number of hydrogen-bond acceptors (Lipinski definition) is 4. The van der Waals surface area contributed by atoms with Crippen LogP contribution >= 0.6 is 0 Å². The molecular formula is C18H26N2O3. The summed E-state index contributed by atoms with van der Waals surface area (Å²) in [5.41, 5.74) is 1.21. The molecule has 1 amide bonds. The summed E-state index contributed by atoms with van der Waals surface area (Å²) in [4.78, 5) is 16.7. The Morgan fingerprint density at radius 1 is 1.09 bits per heavy atom. The van der Waals surface area contributed by atoms with E-state index >= 15 is 0 Å². The van der Waals surface area contributed by atoms with Crippen LogP contribution in [0.4, 0.5) is 0 Å². The number of carbonyl (C=O) groups excluding carboxylic acids is 1. The van der Waals surface area contributed by atoms with Crippen molar-refractivity contribution >= 4 is 5.91 Å². The van der Waals surface area contributed by atoms with Crippen LogP contribution in [0.25, 0.3) is 0 Å². The van der Waals surface area contributed by atoms with Gasteiger partial charge >= 0.3 is 0 Å². The summed E-state index contributed by atoms with van der Waals surface area (Å²) in [6.07, 6.45) is 3.39. The molecule has 1 aliphatic carbocycles. The van der Waals surface area contributed by atoms with Crippen molar-refractivity contribution in [1.29, 1.82) is 0 Å². The van der Waals surface area contributed by atoms with Crippen LogP contribution in [-0.2, 0) is 11.3 Å². The van der Waals surface area contributed by atoms with Crippen LogP contribution in [0.3, 0.4) is 0 Å². The van der Waals surface area contributed by atoms with Gasteiger partial charge in [-0.2, -0.15) is 0 Å². The van der Waals surface area contributed by atoms with E-state index < -0.39 is 0 Å². The molecule has 5 heteroatoms. The number of hydrogen-bond donors (Lipinski definition) is 0. The van der Waals surface area contributed by atoms with Crippen LogP contribution in [0.15, 0.2) is 18.2 Å². The van der Waals surface area contributed by atoms with E-state index in [9.17, 15) is 4.79 Å². The van der Waals surface area contributed by atoms with Gasteiger partial charge in [0.1, 0.15) is 0 Å². The Hall–Kier alpha value is -1.75. The van der Waals surface area contributed by atoms with Gasteiger partial charge in [-0.1, -0.05) is 12.5 Å². The van der Waals surface area contributed by atoms with Crippen molar-refractivity contribution in [2.45, 2.75) is 25.8 Å². The Balaban J connectivity index is 1.53. The van der Waals surface area contributed by atoms with E-state index in [-0.39, 0.29) is 0 Å². The zero-order chi connectivity index (χ0) is 16.2. The molecule has 23 heavy (non-hydrogen) atoms. The highest BCUT2D eigenvalue weighted by atomic mass is 16.5. The number of nitrogens with zero attached hydrogens (tertiary/aromatic N) is 2. The summed E-state index contributed by atoms with van der Waals surface area (Å²) >= 11 is 0. The Kier molecular flexibility index (Phi) is 5.06. The Bertz CT molecular complexity index is 549. The lowest BCUT2D eigenvalue weighted by molar-refractivity contribution is -0.140. The first-order valence-corrected chi connectivity index (χ1v) is 8.43. The van der Waals surface area contributed by atoms with Gasteiger partial charge in [0.15, 0.2) is 11.5 Å². The van der Waals surface area contributed by atoms with Gasteiger partial charge in [0.05, 0.1) is 14.2 Å². The molecule has 126 valence electrons. The molecule has 0 atom stereocenters. The van der Waals surface area contributed by atoms with Gasteiger partial charge in [-0.25, -0.2) is 0 Å². The summed E-state index contributed by atoms with van der Waals surface area (Å²) in [7, 11) is 3.31. The molecule has 1 saturated carbocycles. The molecule has 1 aromatic carbocycles. The van der Waals surface area contributed by atoms with Gasteiger partial charge < -0.3 is 14.4 Å². The number of rotatable bonds is 5. The van der Waals surface area contributed by atoms with Crippen molar-refractivity contribution in [2.24, 2.45) is 5.92 Å². The summed E-state index contributed by atoms with van der Waals surface area (Å²) in [5.74, 6) is 2.21. The lowest BCUT2D eigenvalue weighted by Crippen LogP contribution is -2.50. The fourth-order valence-electron chi connectivity index (χ4n) is 3.28. The molecule has 1 aliphatic heterocycles. The van der Waals surface area contributed by atoms with Crippen LogP contribution in [-0.4, -0.2) is 56.1 Å². The highest BCUT2D eigenvalue weighted by Crippen LogP contribution is 2.29. The van der Waals surface area contributed by atoms with Crippen LogP contribution < -0.4 is 9.47 Å². The predicted octanol–water partition coefficient (Wildman–Crippen LogP) is 2.15. The fourth-order valence-corrected chi connectivity index (χ4v) is 3.28. The summed E-state index contributed by atoms with van der Waals surface area (Å²) < 4.78 is 10.6. The first-order valence-electron chi connectivity index (χ1n) is 8.43. The first-order chi connectivity index (χ1) is 11.2. The molecule has 0 aromatic heterocycles. The summed E-state index contributed by atoms with van der Waals surface area (Å²) in [5, 5.41) is 0. The van der Waals surface area contributed by atoms with Crippen molar-refractivity contribution in [3.05, 3.63) is 23.8 Å². The monoisotopic (exact) mass is 318 g/mol. The Labute approximate surface area is 138 Å². The van der Waals surface area contributed by atoms with E-state index in [1.165, 1.54) is 12.0 Å². The minimum Gasteiger partial charge on any atom is -0.493 e. The number of benzene rings is 1. The molecule has 0 unspecified atom stereocenters. The number of ether oxygens (including phenoxy) is 2. The molecule has 3 rings (SSSR count). The average Bonchev–Trinajstić information content (AvgIpc) is 2.53. The molecule has 2 fully saturated rings. The second-order valence-corrected chi connectivity index (χ2v) is 6.42. The average molecular weight is 318 g/mol. The van der Waals surface area contributed by atoms with E-state index in [4.69, 9.17) is 9.47 Å². The molecule has 0 bridgehead atoms. The van der Waals surface area contributed by atoms with E-state index in [2.05, 4.69) is 15.9 Å². The maximum atomic E-state index is 12.3. The first kappa shape index (κ1) is 16.1. The largest absolute Gasteiger partial charge is 0.493 e. The molecule has 1 saturated heterocycles. The van der Waals surface area contributed by atoms with Crippen molar-refractivity contribution in [3.8, 4) is 11.5 Å². The third-order valence-corrected chi connectivity index (χ3v) is 4.99. The molecule has 1 aromatic rings. The van der Waals surface area contributed by atoms with Crippen LogP contribution in [0.1, 0.15) is 24.8 Å². The zero-order valence-electron chi connectivity index (χ0n) is 14.1. The van der Waals surface area contributed by atoms with Crippen molar-refractivity contribution in [3.63, 3.8) is 0 Å². The topological polar surface area (TPSA) is 42.0 Å². The predicted molar refractivity (Wildman–Crippen MR) is 88.7 cm³/mol. The second kappa shape index (κ2) is 7.21. The second-order valence-electron chi connectivity index (χ2n) is 6.42. The molecule has 2 aliphatic rings. The maximum Gasteiger partial charge on any atom is 0.225 e. The normalized spacial score (nSPS) is 19.3. The lowest BCUT2D eigenvalue weighted by Gasteiger charge is -2.38. The highest BCUT2D eigenvalue weighted by Gasteiger charge is 2.31. The van der Waals surface area contributed by atoms with Gasteiger partial charge in [0.2, 0.25) is 5.91 Å². The number of methoxy groups -OCH3 is 2. The summed E-state index contributed by atoms with van der Waals surface area (Å²) in [6, 6.07) is 6.06. The number of carbonyl (C=O) groups is 1. The van der Waals surface area contributed by atoms with Crippen molar-refractivity contribution in [2.75, 3.05) is 40.4 Å². The van der Waals surface area contributed by atoms with Crippen molar-refractivity contribution in [1.82, 2.24) is 9.80 Å². The van der Waals surface area contributed by atoms with Gasteiger partial charge in [-0.3, -0.25) is 9.69 Å². The minimum atomic E-state index is 0.312. The van der Waals surface area contributed by atoms with Crippen LogP contribution in [0.5, 0.6) is 11.5 Å². The van der Waals surface area contributed by atoms with Gasteiger partial charge in [-0.15, -0.1) is 0 Å². The van der Waals surface area contributed by atoms with Crippen LogP contribution in [0.2, 0.25) is 0 Å². The SMILES string of the molecule is COc1ccc(CN2CCN(C(=O)C3CCC3)CC2)cc1OC.